The molecule has 1 atom stereocenters. The topological polar surface area (TPSA) is 77.7 Å². The molecule has 0 radical (unpaired) electrons. The molecule has 26 heavy (non-hydrogen) atoms. The Morgan fingerprint density at radius 3 is 2.96 bits per heavy atom. The predicted molar refractivity (Wildman–Crippen MR) is 89.7 cm³/mol. The monoisotopic (exact) mass is 363 g/mol. The summed E-state index contributed by atoms with van der Waals surface area (Å²) in [5.41, 5.74) is 0. The zero-order valence-electron chi connectivity index (χ0n) is 14.7. The number of hydrogen-bond acceptors (Lipinski definition) is 7. The fourth-order valence-electron chi connectivity index (χ4n) is 2.93. The lowest BCUT2D eigenvalue weighted by Gasteiger charge is -2.30. The second-order valence-electron chi connectivity index (χ2n) is 6.17. The first kappa shape index (κ1) is 18.3. The van der Waals surface area contributed by atoms with Crippen LogP contribution in [0, 0.1) is 11.7 Å². The molecule has 0 N–H and O–H groups in total. The smallest absolute Gasteiger partial charge is 0.310 e. The number of carbonyl (C=O) groups excluding carboxylic acids is 1. The molecule has 8 heteroatoms. The van der Waals surface area contributed by atoms with Crippen LogP contribution in [-0.4, -0.2) is 40.7 Å². The van der Waals surface area contributed by atoms with Crippen LogP contribution in [0.1, 0.15) is 31.5 Å². The third-order valence-electron chi connectivity index (χ3n) is 4.18. The summed E-state index contributed by atoms with van der Waals surface area (Å²) in [5.74, 6) is 0.868. The quantitative estimate of drug-likeness (QED) is 0.700. The van der Waals surface area contributed by atoms with E-state index in [-0.39, 0.29) is 24.3 Å². The summed E-state index contributed by atoms with van der Waals surface area (Å²) >= 11 is 0. The number of hydrogen-bond donors (Lipinski definition) is 0. The van der Waals surface area contributed by atoms with Gasteiger partial charge in [0.25, 0.3) is 0 Å². The molecule has 2 aromatic rings. The number of esters is 1. The van der Waals surface area contributed by atoms with Gasteiger partial charge in [-0.3, -0.25) is 9.69 Å². The lowest BCUT2D eigenvalue weighted by atomic mass is 9.98. The van der Waals surface area contributed by atoms with Gasteiger partial charge in [0.15, 0.2) is 6.61 Å². The Labute approximate surface area is 151 Å². The highest BCUT2D eigenvalue weighted by Crippen LogP contribution is 2.19. The normalized spacial score (nSPS) is 17.8. The van der Waals surface area contributed by atoms with E-state index in [9.17, 15) is 9.18 Å². The first-order chi connectivity index (χ1) is 12.6. The second-order valence-corrected chi connectivity index (χ2v) is 6.17. The van der Waals surface area contributed by atoms with Crippen LogP contribution in [-0.2, 0) is 22.7 Å². The van der Waals surface area contributed by atoms with Gasteiger partial charge in [0.2, 0.25) is 11.7 Å². The highest BCUT2D eigenvalue weighted by atomic mass is 19.1. The molecule has 1 aromatic carbocycles. The zero-order chi connectivity index (χ0) is 18.4. The van der Waals surface area contributed by atoms with Crippen LogP contribution in [0.3, 0.4) is 0 Å². The molecule has 0 amide bonds. The maximum Gasteiger partial charge on any atom is 0.310 e. The summed E-state index contributed by atoms with van der Waals surface area (Å²) in [6, 6.07) is 5.74. The number of halogens is 1. The van der Waals surface area contributed by atoms with Crippen molar-refractivity contribution in [2.24, 2.45) is 5.92 Å². The van der Waals surface area contributed by atoms with Gasteiger partial charge in [0.05, 0.1) is 19.1 Å². The summed E-state index contributed by atoms with van der Waals surface area (Å²) in [5, 5.41) is 3.89. The molecule has 0 spiro atoms. The van der Waals surface area contributed by atoms with Gasteiger partial charge in [-0.05, 0) is 50.6 Å². The number of rotatable bonds is 7. The van der Waals surface area contributed by atoms with E-state index in [1.807, 2.05) is 6.92 Å². The molecular weight excluding hydrogens is 341 g/mol. The Morgan fingerprint density at radius 2 is 2.19 bits per heavy atom. The Balaban J connectivity index is 1.50. The fourth-order valence-corrected chi connectivity index (χ4v) is 2.93. The number of ether oxygens (including phenoxy) is 2. The molecule has 0 aliphatic carbocycles. The molecule has 1 fully saturated rings. The lowest BCUT2D eigenvalue weighted by molar-refractivity contribution is -0.150. The SMILES string of the molecule is CCOC(=O)[C@H]1CCCN(Cc2nc(COc3ccc(F)cc3)no2)C1. The van der Waals surface area contributed by atoms with Crippen molar-refractivity contribution in [3.8, 4) is 5.75 Å². The molecule has 0 unspecified atom stereocenters. The molecule has 1 aliphatic heterocycles. The first-order valence-electron chi connectivity index (χ1n) is 8.73. The average Bonchev–Trinajstić information content (AvgIpc) is 3.09. The van der Waals surface area contributed by atoms with Crippen molar-refractivity contribution in [2.45, 2.75) is 32.9 Å². The number of benzene rings is 1. The number of likely N-dealkylation sites (tertiary alicyclic amines) is 1. The third kappa shape index (κ3) is 5.01. The number of aromatic nitrogens is 2. The minimum absolute atomic E-state index is 0.104. The standard InChI is InChI=1S/C18H22FN3O4/c1-2-24-18(23)13-4-3-9-22(10-13)11-17-20-16(21-26-17)12-25-15-7-5-14(19)6-8-15/h5-8,13H,2-4,9-12H2,1H3/t13-/m0/s1. The van der Waals surface area contributed by atoms with Crippen molar-refractivity contribution < 1.29 is 23.2 Å². The molecule has 1 saturated heterocycles. The van der Waals surface area contributed by atoms with Crippen molar-refractivity contribution in [1.82, 2.24) is 15.0 Å². The molecule has 0 bridgehead atoms. The van der Waals surface area contributed by atoms with Crippen LogP contribution >= 0.6 is 0 Å². The largest absolute Gasteiger partial charge is 0.485 e. The van der Waals surface area contributed by atoms with Gasteiger partial charge in [-0.15, -0.1) is 0 Å². The van der Waals surface area contributed by atoms with Gasteiger partial charge in [0.1, 0.15) is 11.6 Å². The minimum Gasteiger partial charge on any atom is -0.485 e. The van der Waals surface area contributed by atoms with Crippen LogP contribution < -0.4 is 4.74 Å². The molecule has 1 aliphatic rings. The van der Waals surface area contributed by atoms with Gasteiger partial charge >= 0.3 is 5.97 Å². The predicted octanol–water partition coefficient (Wildman–Crippen LogP) is 2.56. The summed E-state index contributed by atoms with van der Waals surface area (Å²) in [6.07, 6.45) is 1.77. The fraction of sp³-hybridized carbons (Fsp3) is 0.500. The number of piperidine rings is 1. The highest BCUT2D eigenvalue weighted by Gasteiger charge is 2.27. The summed E-state index contributed by atoms with van der Waals surface area (Å²) in [6.45, 7) is 4.34. The van der Waals surface area contributed by atoms with Crippen molar-refractivity contribution in [2.75, 3.05) is 19.7 Å². The van der Waals surface area contributed by atoms with E-state index >= 15 is 0 Å². The van der Waals surface area contributed by atoms with Crippen molar-refractivity contribution >= 4 is 5.97 Å². The van der Waals surface area contributed by atoms with Crippen molar-refractivity contribution in [3.63, 3.8) is 0 Å². The first-order valence-corrected chi connectivity index (χ1v) is 8.73. The maximum absolute atomic E-state index is 12.9. The van der Waals surface area contributed by atoms with Crippen molar-refractivity contribution in [3.05, 3.63) is 41.8 Å². The molecule has 2 heterocycles. The summed E-state index contributed by atoms with van der Waals surface area (Å²) in [7, 11) is 0. The Kier molecular flexibility index (Phi) is 6.17. The number of carbonyl (C=O) groups is 1. The minimum atomic E-state index is -0.318. The van der Waals surface area contributed by atoms with Gasteiger partial charge in [-0.1, -0.05) is 5.16 Å². The van der Waals surface area contributed by atoms with Crippen LogP contribution in [0.2, 0.25) is 0 Å². The van der Waals surface area contributed by atoms with Crippen LogP contribution in [0.5, 0.6) is 5.75 Å². The Hall–Kier alpha value is -2.48. The van der Waals surface area contributed by atoms with Gasteiger partial charge < -0.3 is 14.0 Å². The van der Waals surface area contributed by atoms with Gasteiger partial charge in [0, 0.05) is 6.54 Å². The molecule has 7 nitrogen and oxygen atoms in total. The maximum atomic E-state index is 12.9. The van der Waals surface area contributed by atoms with E-state index in [1.165, 1.54) is 12.1 Å². The highest BCUT2D eigenvalue weighted by molar-refractivity contribution is 5.72. The average molecular weight is 363 g/mol. The van der Waals surface area contributed by atoms with E-state index in [2.05, 4.69) is 15.0 Å². The van der Waals surface area contributed by atoms with E-state index in [1.54, 1.807) is 12.1 Å². The zero-order valence-corrected chi connectivity index (χ0v) is 14.7. The van der Waals surface area contributed by atoms with E-state index < -0.39 is 0 Å². The van der Waals surface area contributed by atoms with Crippen LogP contribution in [0.4, 0.5) is 4.39 Å². The molecule has 0 saturated carbocycles. The summed E-state index contributed by atoms with van der Waals surface area (Å²) in [4.78, 5) is 18.3. The molecule has 3 rings (SSSR count). The van der Waals surface area contributed by atoms with Crippen molar-refractivity contribution in [1.29, 1.82) is 0 Å². The Bertz CT molecular complexity index is 719. The van der Waals surface area contributed by atoms with Gasteiger partial charge in [-0.2, -0.15) is 4.98 Å². The van der Waals surface area contributed by atoms with E-state index in [0.717, 1.165) is 19.4 Å². The Morgan fingerprint density at radius 1 is 1.38 bits per heavy atom. The second kappa shape index (κ2) is 8.75. The van der Waals surface area contributed by atoms with Gasteiger partial charge in [-0.25, -0.2) is 4.39 Å². The molecule has 1 aromatic heterocycles. The molecular formula is C18H22FN3O4. The van der Waals surface area contributed by atoms with E-state index in [0.29, 0.717) is 37.2 Å². The van der Waals surface area contributed by atoms with Crippen LogP contribution in [0.25, 0.3) is 0 Å². The third-order valence-corrected chi connectivity index (χ3v) is 4.18. The lowest BCUT2D eigenvalue weighted by Crippen LogP contribution is -2.39. The van der Waals surface area contributed by atoms with E-state index in [4.69, 9.17) is 14.0 Å². The number of nitrogens with zero attached hydrogens (tertiary/aromatic N) is 3. The van der Waals surface area contributed by atoms with Crippen LogP contribution in [0.15, 0.2) is 28.8 Å². The molecule has 140 valence electrons. The summed E-state index contributed by atoms with van der Waals surface area (Å²) < 4.78 is 28.7.